The molecule has 0 saturated carbocycles. The zero-order valence-electron chi connectivity index (χ0n) is 18.5. The zero-order chi connectivity index (χ0) is 21.9. The van der Waals surface area contributed by atoms with Crippen LogP contribution < -0.4 is 14.2 Å². The van der Waals surface area contributed by atoms with Crippen molar-refractivity contribution in [3.05, 3.63) is 89.5 Å². The Morgan fingerprint density at radius 3 is 2.38 bits per heavy atom. The lowest BCUT2D eigenvalue weighted by atomic mass is 9.96. The Hall–Kier alpha value is -3.47. The summed E-state index contributed by atoms with van der Waals surface area (Å²) in [6.07, 6.45) is 1.54. The predicted octanol–water partition coefficient (Wildman–Crippen LogP) is 6.12. The van der Waals surface area contributed by atoms with E-state index in [9.17, 15) is 0 Å². The van der Waals surface area contributed by atoms with E-state index in [0.29, 0.717) is 6.61 Å². The van der Waals surface area contributed by atoms with Crippen molar-refractivity contribution in [2.45, 2.75) is 39.0 Å². The highest BCUT2D eigenvalue weighted by Crippen LogP contribution is 2.47. The molecule has 0 N–H and O–H groups in total. The minimum atomic E-state index is -0.282. The Kier molecular flexibility index (Phi) is 5.71. The van der Waals surface area contributed by atoms with E-state index < -0.39 is 0 Å². The van der Waals surface area contributed by atoms with Gasteiger partial charge < -0.3 is 14.2 Å². The molecule has 3 aromatic rings. The van der Waals surface area contributed by atoms with Gasteiger partial charge in [-0.2, -0.15) is 5.10 Å². The molecule has 32 heavy (non-hydrogen) atoms. The summed E-state index contributed by atoms with van der Waals surface area (Å²) in [5.74, 6) is 2.68. The molecule has 0 unspecified atom stereocenters. The quantitative estimate of drug-likeness (QED) is 0.455. The van der Waals surface area contributed by atoms with Gasteiger partial charge in [0.25, 0.3) is 0 Å². The van der Waals surface area contributed by atoms with Crippen molar-refractivity contribution in [3.8, 4) is 17.2 Å². The van der Waals surface area contributed by atoms with Crippen molar-refractivity contribution in [2.24, 2.45) is 5.10 Å². The maximum absolute atomic E-state index is 6.45. The Morgan fingerprint density at radius 2 is 1.62 bits per heavy atom. The van der Waals surface area contributed by atoms with Gasteiger partial charge in [-0.1, -0.05) is 25.1 Å². The van der Waals surface area contributed by atoms with Crippen LogP contribution in [0.2, 0.25) is 0 Å². The van der Waals surface area contributed by atoms with Gasteiger partial charge in [-0.3, -0.25) is 0 Å². The number of fused-ring (bicyclic) bond motifs is 3. The second-order valence-electron chi connectivity index (χ2n) is 8.03. The van der Waals surface area contributed by atoms with E-state index in [4.69, 9.17) is 19.3 Å². The topological polar surface area (TPSA) is 43.3 Å². The maximum Gasteiger partial charge on any atom is 0.213 e. The van der Waals surface area contributed by atoms with Gasteiger partial charge in [-0.15, -0.1) is 0 Å². The zero-order valence-corrected chi connectivity index (χ0v) is 18.5. The van der Waals surface area contributed by atoms with Crippen LogP contribution in [-0.2, 0) is 0 Å². The normalized spacial score (nSPS) is 18.9. The standard InChI is InChI=1S/C27H28N2O3/c1-3-17-31-22-15-11-20(12-16-22)27-29-25(23-7-5-6-8-26(23)32-27)18-24(28-29)19-9-13-21(14-10-19)30-4-2/h5-16,25,27H,3-4,17-18H2,1-2H3/t25-,27-/m0/s1. The monoisotopic (exact) mass is 428 g/mol. The second-order valence-corrected chi connectivity index (χ2v) is 8.03. The van der Waals surface area contributed by atoms with E-state index in [2.05, 4.69) is 48.3 Å². The number of ether oxygens (including phenoxy) is 3. The number of benzene rings is 3. The summed E-state index contributed by atoms with van der Waals surface area (Å²) >= 11 is 0. The van der Waals surface area contributed by atoms with Crippen molar-refractivity contribution >= 4 is 5.71 Å². The van der Waals surface area contributed by atoms with E-state index in [1.54, 1.807) is 0 Å². The average molecular weight is 429 g/mol. The molecule has 0 fully saturated rings. The lowest BCUT2D eigenvalue weighted by Crippen LogP contribution is -2.33. The molecule has 5 heteroatoms. The van der Waals surface area contributed by atoms with E-state index in [1.165, 1.54) is 5.56 Å². The number of hydrogen-bond donors (Lipinski definition) is 0. The minimum absolute atomic E-state index is 0.141. The van der Waals surface area contributed by atoms with Crippen molar-refractivity contribution in [1.29, 1.82) is 0 Å². The van der Waals surface area contributed by atoms with Crippen LogP contribution in [0.3, 0.4) is 0 Å². The van der Waals surface area contributed by atoms with Crippen LogP contribution in [0.4, 0.5) is 0 Å². The smallest absolute Gasteiger partial charge is 0.213 e. The molecule has 2 aliphatic heterocycles. The van der Waals surface area contributed by atoms with Crippen LogP contribution in [0.25, 0.3) is 0 Å². The van der Waals surface area contributed by atoms with Gasteiger partial charge in [0.15, 0.2) is 0 Å². The fourth-order valence-electron chi connectivity index (χ4n) is 4.29. The molecule has 3 aromatic carbocycles. The molecule has 5 nitrogen and oxygen atoms in total. The molecule has 0 saturated heterocycles. The van der Waals surface area contributed by atoms with E-state index >= 15 is 0 Å². The summed E-state index contributed by atoms with van der Waals surface area (Å²) in [7, 11) is 0. The molecule has 0 aromatic heterocycles. The average Bonchev–Trinajstić information content (AvgIpc) is 3.29. The third kappa shape index (κ3) is 3.91. The Labute approximate surface area is 189 Å². The minimum Gasteiger partial charge on any atom is -0.494 e. The first-order valence-corrected chi connectivity index (χ1v) is 11.3. The third-order valence-electron chi connectivity index (χ3n) is 5.84. The van der Waals surface area contributed by atoms with Crippen LogP contribution in [0.15, 0.2) is 77.9 Å². The molecule has 0 amide bonds. The number of hydrazone groups is 1. The second kappa shape index (κ2) is 8.95. The highest BCUT2D eigenvalue weighted by atomic mass is 16.5. The molecule has 0 bridgehead atoms. The summed E-state index contributed by atoms with van der Waals surface area (Å²) in [5.41, 5.74) is 4.41. The van der Waals surface area contributed by atoms with Gasteiger partial charge in [-0.05, 0) is 73.5 Å². The first-order valence-electron chi connectivity index (χ1n) is 11.3. The van der Waals surface area contributed by atoms with E-state index in [-0.39, 0.29) is 12.3 Å². The molecule has 0 spiro atoms. The lowest BCUT2D eigenvalue weighted by molar-refractivity contribution is -0.0190. The van der Waals surface area contributed by atoms with Gasteiger partial charge in [0.05, 0.1) is 25.0 Å². The summed E-state index contributed by atoms with van der Waals surface area (Å²) in [5, 5.41) is 7.14. The largest absolute Gasteiger partial charge is 0.494 e. The number of nitrogens with zero attached hydrogens (tertiary/aromatic N) is 2. The van der Waals surface area contributed by atoms with Crippen LogP contribution in [0, 0.1) is 0 Å². The molecular weight excluding hydrogens is 400 g/mol. The number of rotatable bonds is 7. The van der Waals surface area contributed by atoms with Crippen molar-refractivity contribution in [2.75, 3.05) is 13.2 Å². The van der Waals surface area contributed by atoms with Crippen molar-refractivity contribution < 1.29 is 14.2 Å². The van der Waals surface area contributed by atoms with E-state index in [1.807, 2.05) is 43.3 Å². The van der Waals surface area contributed by atoms with Gasteiger partial charge >= 0.3 is 0 Å². The van der Waals surface area contributed by atoms with Gasteiger partial charge in [0, 0.05) is 17.5 Å². The molecule has 0 radical (unpaired) electrons. The van der Waals surface area contributed by atoms with Gasteiger partial charge in [0.2, 0.25) is 6.23 Å². The van der Waals surface area contributed by atoms with Crippen LogP contribution in [0.5, 0.6) is 17.2 Å². The third-order valence-corrected chi connectivity index (χ3v) is 5.84. The number of para-hydroxylation sites is 1. The first-order chi connectivity index (χ1) is 15.8. The van der Waals surface area contributed by atoms with Crippen LogP contribution in [-0.4, -0.2) is 23.9 Å². The Bertz CT molecular complexity index is 1090. The highest BCUT2D eigenvalue weighted by Gasteiger charge is 2.40. The van der Waals surface area contributed by atoms with Crippen LogP contribution in [0.1, 0.15) is 55.6 Å². The molecular formula is C27H28N2O3. The molecule has 0 aliphatic carbocycles. The van der Waals surface area contributed by atoms with Gasteiger partial charge in [0.1, 0.15) is 17.2 Å². The highest BCUT2D eigenvalue weighted by molar-refractivity contribution is 6.02. The molecule has 164 valence electrons. The van der Waals surface area contributed by atoms with Crippen molar-refractivity contribution in [1.82, 2.24) is 5.01 Å². The van der Waals surface area contributed by atoms with E-state index in [0.717, 1.165) is 53.5 Å². The summed E-state index contributed by atoms with van der Waals surface area (Å²) in [6, 6.07) is 24.8. The molecule has 2 heterocycles. The first kappa shape index (κ1) is 20.4. The number of hydrogen-bond acceptors (Lipinski definition) is 5. The Balaban J connectivity index is 1.46. The summed E-state index contributed by atoms with van der Waals surface area (Å²) in [6.45, 7) is 5.48. The molecule has 2 aliphatic rings. The summed E-state index contributed by atoms with van der Waals surface area (Å²) in [4.78, 5) is 0. The maximum atomic E-state index is 6.45. The molecule has 5 rings (SSSR count). The predicted molar refractivity (Wildman–Crippen MR) is 125 cm³/mol. The lowest BCUT2D eigenvalue weighted by Gasteiger charge is -2.38. The van der Waals surface area contributed by atoms with Gasteiger partial charge in [-0.25, -0.2) is 5.01 Å². The fraction of sp³-hybridized carbons (Fsp3) is 0.296. The van der Waals surface area contributed by atoms with Crippen LogP contribution >= 0.6 is 0 Å². The molecule has 2 atom stereocenters. The fourth-order valence-corrected chi connectivity index (χ4v) is 4.29. The Morgan fingerprint density at radius 1 is 0.906 bits per heavy atom. The SMILES string of the molecule is CCCOc1ccc([C@@H]2Oc3ccccc3[C@@H]3CC(c4ccc(OCC)cc4)=NN32)cc1. The summed E-state index contributed by atoms with van der Waals surface area (Å²) < 4.78 is 17.8. The van der Waals surface area contributed by atoms with Crippen molar-refractivity contribution in [3.63, 3.8) is 0 Å².